The molecule has 3 atom stereocenters. The van der Waals surface area contributed by atoms with Crippen LogP contribution < -0.4 is 10.6 Å². The quantitative estimate of drug-likeness (QED) is 0.733. The molecular formula is C15H22N2O2. The molecule has 2 N–H and O–H groups in total. The van der Waals surface area contributed by atoms with E-state index in [0.29, 0.717) is 19.2 Å². The molecule has 3 rings (SSSR count). The number of fused-ring (bicyclic) bond motifs is 2. The molecule has 4 heteroatoms. The average molecular weight is 262 g/mol. The maximum atomic E-state index is 12.2. The van der Waals surface area contributed by atoms with Crippen LogP contribution in [0.1, 0.15) is 26.2 Å². The van der Waals surface area contributed by atoms with Crippen LogP contribution in [0, 0.1) is 5.92 Å². The third kappa shape index (κ3) is 2.35. The van der Waals surface area contributed by atoms with E-state index >= 15 is 0 Å². The number of hydrogen-bond acceptors (Lipinski definition) is 4. The van der Waals surface area contributed by atoms with Crippen LogP contribution >= 0.6 is 0 Å². The fourth-order valence-corrected chi connectivity index (χ4v) is 3.47. The van der Waals surface area contributed by atoms with Crippen LogP contribution in [0.3, 0.4) is 0 Å². The van der Waals surface area contributed by atoms with Crippen molar-refractivity contribution in [2.24, 2.45) is 5.92 Å². The second kappa shape index (κ2) is 5.47. The van der Waals surface area contributed by atoms with Crippen molar-refractivity contribution in [1.82, 2.24) is 10.6 Å². The van der Waals surface area contributed by atoms with E-state index in [1.807, 2.05) is 6.92 Å². The fraction of sp³-hybridized carbons (Fsp3) is 0.667. The van der Waals surface area contributed by atoms with E-state index in [1.165, 1.54) is 11.1 Å². The van der Waals surface area contributed by atoms with Gasteiger partial charge < -0.3 is 15.4 Å². The average Bonchev–Trinajstić information content (AvgIpc) is 2.64. The number of nitrogens with one attached hydrogen (secondary N) is 2. The summed E-state index contributed by atoms with van der Waals surface area (Å²) in [6.45, 7) is 3.99. The first-order valence-electron chi connectivity index (χ1n) is 7.34. The molecule has 4 nitrogen and oxygen atoms in total. The van der Waals surface area contributed by atoms with Gasteiger partial charge in [0.25, 0.3) is 0 Å². The molecule has 0 bridgehead atoms. The van der Waals surface area contributed by atoms with Gasteiger partial charge in [0.1, 0.15) is 0 Å². The second-order valence-electron chi connectivity index (χ2n) is 5.47. The normalized spacial score (nSPS) is 33.6. The van der Waals surface area contributed by atoms with Crippen molar-refractivity contribution >= 4 is 5.97 Å². The second-order valence-corrected chi connectivity index (χ2v) is 5.47. The van der Waals surface area contributed by atoms with Crippen molar-refractivity contribution in [3.63, 3.8) is 0 Å². The first kappa shape index (κ1) is 12.9. The molecule has 104 valence electrons. The molecule has 3 aliphatic rings. The maximum Gasteiger partial charge on any atom is 0.312 e. The standard InChI is InChI=1S/C15H22N2O2/c1-2-19-15(18)12-9-16-8-7-11-10-5-3-4-6-13(10)17-14(11)12/h3,5,12-14,16-17H,2,4,6-9H2,1H3. The zero-order chi connectivity index (χ0) is 13.2. The third-order valence-electron chi connectivity index (χ3n) is 4.35. The van der Waals surface area contributed by atoms with Crippen LogP contribution in [0.2, 0.25) is 0 Å². The Morgan fingerprint density at radius 1 is 1.53 bits per heavy atom. The van der Waals surface area contributed by atoms with Crippen molar-refractivity contribution in [1.29, 1.82) is 0 Å². The first-order valence-corrected chi connectivity index (χ1v) is 7.34. The number of carbonyl (C=O) groups is 1. The van der Waals surface area contributed by atoms with Gasteiger partial charge in [-0.25, -0.2) is 0 Å². The van der Waals surface area contributed by atoms with Gasteiger partial charge >= 0.3 is 5.97 Å². The molecule has 0 spiro atoms. The van der Waals surface area contributed by atoms with Gasteiger partial charge in [-0.1, -0.05) is 12.2 Å². The highest BCUT2D eigenvalue weighted by molar-refractivity contribution is 5.75. The molecule has 2 heterocycles. The highest BCUT2D eigenvalue weighted by atomic mass is 16.5. The summed E-state index contributed by atoms with van der Waals surface area (Å²) >= 11 is 0. The zero-order valence-electron chi connectivity index (χ0n) is 11.4. The monoisotopic (exact) mass is 262 g/mol. The molecule has 0 aromatic carbocycles. The van der Waals surface area contributed by atoms with E-state index in [4.69, 9.17) is 4.74 Å². The van der Waals surface area contributed by atoms with Crippen molar-refractivity contribution in [3.8, 4) is 0 Å². The Hall–Kier alpha value is -1.13. The number of carbonyl (C=O) groups excluding carboxylic acids is 1. The lowest BCUT2D eigenvalue weighted by Gasteiger charge is -2.24. The highest BCUT2D eigenvalue weighted by Gasteiger charge is 2.41. The van der Waals surface area contributed by atoms with Gasteiger partial charge in [0, 0.05) is 18.6 Å². The Morgan fingerprint density at radius 3 is 3.26 bits per heavy atom. The summed E-state index contributed by atoms with van der Waals surface area (Å²) in [4.78, 5) is 12.2. The molecule has 1 aliphatic carbocycles. The number of allylic oxidation sites excluding steroid dienone is 1. The van der Waals surface area contributed by atoms with Crippen molar-refractivity contribution in [2.45, 2.75) is 38.3 Å². The van der Waals surface area contributed by atoms with E-state index in [9.17, 15) is 4.79 Å². The minimum absolute atomic E-state index is 0.0740. The predicted octanol–water partition coefficient (Wildman–Crippen LogP) is 1.15. The lowest BCUT2D eigenvalue weighted by molar-refractivity contribution is -0.148. The van der Waals surface area contributed by atoms with Crippen molar-refractivity contribution in [2.75, 3.05) is 19.7 Å². The molecule has 0 saturated carbocycles. The van der Waals surface area contributed by atoms with Crippen LogP contribution in [0.25, 0.3) is 0 Å². The van der Waals surface area contributed by atoms with Crippen molar-refractivity contribution < 1.29 is 9.53 Å². The van der Waals surface area contributed by atoms with Gasteiger partial charge in [-0.15, -0.1) is 0 Å². The summed E-state index contributed by atoms with van der Waals surface area (Å²) in [6, 6.07) is 0.608. The number of hydrogen-bond donors (Lipinski definition) is 2. The van der Waals surface area contributed by atoms with Crippen LogP contribution in [0.5, 0.6) is 0 Å². The predicted molar refractivity (Wildman–Crippen MR) is 73.7 cm³/mol. The van der Waals surface area contributed by atoms with E-state index in [1.54, 1.807) is 0 Å². The molecule has 3 unspecified atom stereocenters. The molecule has 2 aliphatic heterocycles. The number of ether oxygens (including phenoxy) is 1. The lowest BCUT2D eigenvalue weighted by atomic mass is 9.90. The molecule has 0 aromatic rings. The Kier molecular flexibility index (Phi) is 3.71. The van der Waals surface area contributed by atoms with Crippen LogP contribution in [-0.4, -0.2) is 37.7 Å². The molecule has 0 radical (unpaired) electrons. The van der Waals surface area contributed by atoms with Gasteiger partial charge in [0.05, 0.1) is 12.5 Å². The van der Waals surface area contributed by atoms with Gasteiger partial charge in [-0.05, 0) is 43.9 Å². The van der Waals surface area contributed by atoms with E-state index in [2.05, 4.69) is 22.8 Å². The van der Waals surface area contributed by atoms with Gasteiger partial charge in [-0.3, -0.25) is 4.79 Å². The van der Waals surface area contributed by atoms with Crippen molar-refractivity contribution in [3.05, 3.63) is 23.3 Å². The highest BCUT2D eigenvalue weighted by Crippen LogP contribution is 2.35. The summed E-state index contributed by atoms with van der Waals surface area (Å²) in [5, 5.41) is 7.02. The maximum absolute atomic E-state index is 12.2. The minimum atomic E-state index is -0.0936. The molecule has 1 fully saturated rings. The number of rotatable bonds is 2. The largest absolute Gasteiger partial charge is 0.466 e. The number of esters is 1. The Labute approximate surface area is 114 Å². The summed E-state index contributed by atoms with van der Waals surface area (Å²) in [5.74, 6) is -0.168. The van der Waals surface area contributed by atoms with Gasteiger partial charge in [0.15, 0.2) is 0 Å². The Bertz CT molecular complexity index is 428. The third-order valence-corrected chi connectivity index (χ3v) is 4.35. The minimum Gasteiger partial charge on any atom is -0.466 e. The van der Waals surface area contributed by atoms with Crippen LogP contribution in [-0.2, 0) is 9.53 Å². The molecule has 0 amide bonds. The Morgan fingerprint density at radius 2 is 2.42 bits per heavy atom. The first-order chi connectivity index (χ1) is 9.31. The van der Waals surface area contributed by atoms with E-state index in [0.717, 1.165) is 25.8 Å². The fourth-order valence-electron chi connectivity index (χ4n) is 3.47. The van der Waals surface area contributed by atoms with Gasteiger partial charge in [0.2, 0.25) is 0 Å². The summed E-state index contributed by atoms with van der Waals surface area (Å²) in [6.07, 6.45) is 7.81. The smallest absolute Gasteiger partial charge is 0.312 e. The molecule has 1 saturated heterocycles. The SMILES string of the molecule is CCOC(=O)C1CNCCC2=C3C=CCCC3NC21. The van der Waals surface area contributed by atoms with E-state index in [-0.39, 0.29) is 17.9 Å². The zero-order valence-corrected chi connectivity index (χ0v) is 11.4. The molecular weight excluding hydrogens is 240 g/mol. The lowest BCUT2D eigenvalue weighted by Crippen LogP contribution is -2.44. The molecule has 0 aromatic heterocycles. The summed E-state index contributed by atoms with van der Waals surface area (Å²) < 4.78 is 5.24. The van der Waals surface area contributed by atoms with Crippen LogP contribution in [0.4, 0.5) is 0 Å². The topological polar surface area (TPSA) is 50.4 Å². The summed E-state index contributed by atoms with van der Waals surface area (Å²) in [7, 11) is 0. The summed E-state index contributed by atoms with van der Waals surface area (Å²) in [5.41, 5.74) is 2.85. The molecule has 19 heavy (non-hydrogen) atoms. The van der Waals surface area contributed by atoms with E-state index < -0.39 is 0 Å². The van der Waals surface area contributed by atoms with Gasteiger partial charge in [-0.2, -0.15) is 0 Å². The Balaban J connectivity index is 1.88. The van der Waals surface area contributed by atoms with Crippen LogP contribution in [0.15, 0.2) is 23.3 Å².